The maximum absolute atomic E-state index is 11.5. The Hall–Kier alpha value is -1.74. The first kappa shape index (κ1) is 22.3. The van der Waals surface area contributed by atoms with Crippen LogP contribution in [0, 0.1) is 13.8 Å². The molecule has 2 aromatic carbocycles. The zero-order chi connectivity index (χ0) is 19.8. The van der Waals surface area contributed by atoms with Gasteiger partial charge in [-0.1, -0.05) is 49.7 Å². The first-order valence-electron chi connectivity index (χ1n) is 8.25. The van der Waals surface area contributed by atoms with E-state index in [9.17, 15) is 16.8 Å². The molecule has 0 amide bonds. The SMILES string of the molecule is CCNS(=O)(=O)c1ccc(C)cc1.CCNS(=O)(=O)c1ccccc1C. The predicted molar refractivity (Wildman–Crippen MR) is 104 cm³/mol. The van der Waals surface area contributed by atoms with Gasteiger partial charge in [0, 0.05) is 13.1 Å². The average molecular weight is 399 g/mol. The molecule has 0 aliphatic carbocycles. The molecule has 0 unspecified atom stereocenters. The summed E-state index contributed by atoms with van der Waals surface area (Å²) in [4.78, 5) is 0.678. The van der Waals surface area contributed by atoms with Gasteiger partial charge in [-0.15, -0.1) is 0 Å². The van der Waals surface area contributed by atoms with E-state index in [2.05, 4.69) is 9.44 Å². The molecule has 26 heavy (non-hydrogen) atoms. The van der Waals surface area contributed by atoms with Crippen molar-refractivity contribution in [3.63, 3.8) is 0 Å². The molecule has 0 atom stereocenters. The third-order valence-corrected chi connectivity index (χ3v) is 6.65. The molecule has 0 aliphatic heterocycles. The molecule has 0 saturated carbocycles. The highest BCUT2D eigenvalue weighted by Gasteiger charge is 2.13. The molecule has 0 aromatic heterocycles. The van der Waals surface area contributed by atoms with Gasteiger partial charge in [-0.05, 0) is 37.6 Å². The Morgan fingerprint density at radius 1 is 0.731 bits per heavy atom. The topological polar surface area (TPSA) is 92.3 Å². The van der Waals surface area contributed by atoms with Crippen molar-refractivity contribution in [1.29, 1.82) is 0 Å². The van der Waals surface area contributed by atoms with Gasteiger partial charge >= 0.3 is 0 Å². The minimum absolute atomic E-state index is 0.319. The van der Waals surface area contributed by atoms with Crippen LogP contribution < -0.4 is 9.44 Å². The fraction of sp³-hybridized carbons (Fsp3) is 0.333. The normalized spacial score (nSPS) is 11.5. The lowest BCUT2D eigenvalue weighted by Gasteiger charge is -2.06. The van der Waals surface area contributed by atoms with E-state index in [-0.39, 0.29) is 0 Å². The molecule has 6 nitrogen and oxygen atoms in total. The Bertz CT molecular complexity index is 906. The number of nitrogens with one attached hydrogen (secondary N) is 2. The van der Waals surface area contributed by atoms with Crippen LogP contribution in [0.15, 0.2) is 58.3 Å². The zero-order valence-corrected chi connectivity index (χ0v) is 17.1. The summed E-state index contributed by atoms with van der Waals surface area (Å²) in [5, 5.41) is 0. The highest BCUT2D eigenvalue weighted by Crippen LogP contribution is 2.13. The maximum atomic E-state index is 11.5. The molecule has 2 N–H and O–H groups in total. The van der Waals surface area contributed by atoms with Crippen molar-refractivity contribution in [2.75, 3.05) is 13.1 Å². The number of rotatable bonds is 6. The summed E-state index contributed by atoms with van der Waals surface area (Å²) in [5.74, 6) is 0. The van der Waals surface area contributed by atoms with Gasteiger partial charge in [0.2, 0.25) is 20.0 Å². The second-order valence-corrected chi connectivity index (χ2v) is 9.08. The van der Waals surface area contributed by atoms with Crippen molar-refractivity contribution in [2.24, 2.45) is 0 Å². The summed E-state index contributed by atoms with van der Waals surface area (Å²) in [6, 6.07) is 13.7. The van der Waals surface area contributed by atoms with E-state index >= 15 is 0 Å². The minimum Gasteiger partial charge on any atom is -0.211 e. The van der Waals surface area contributed by atoms with Crippen LogP contribution in [0.3, 0.4) is 0 Å². The lowest BCUT2D eigenvalue weighted by molar-refractivity contribution is 0.582. The fourth-order valence-corrected chi connectivity index (χ4v) is 4.44. The van der Waals surface area contributed by atoms with E-state index in [1.54, 1.807) is 63.2 Å². The Morgan fingerprint density at radius 3 is 1.73 bits per heavy atom. The van der Waals surface area contributed by atoms with Crippen LogP contribution in [0.4, 0.5) is 0 Å². The molecule has 0 heterocycles. The van der Waals surface area contributed by atoms with Crippen LogP contribution in [0.25, 0.3) is 0 Å². The van der Waals surface area contributed by atoms with Crippen molar-refractivity contribution in [1.82, 2.24) is 9.44 Å². The Balaban J connectivity index is 0.000000260. The largest absolute Gasteiger partial charge is 0.240 e. The summed E-state index contributed by atoms with van der Waals surface area (Å²) in [6.07, 6.45) is 0. The van der Waals surface area contributed by atoms with Crippen molar-refractivity contribution < 1.29 is 16.8 Å². The van der Waals surface area contributed by atoms with Crippen molar-refractivity contribution >= 4 is 20.0 Å². The second kappa shape index (κ2) is 9.82. The van der Waals surface area contributed by atoms with Crippen molar-refractivity contribution in [2.45, 2.75) is 37.5 Å². The van der Waals surface area contributed by atoms with E-state index in [1.807, 2.05) is 13.0 Å². The molecule has 2 rings (SSSR count). The third kappa shape index (κ3) is 6.53. The smallest absolute Gasteiger partial charge is 0.211 e. The molecule has 0 fully saturated rings. The summed E-state index contributed by atoms with van der Waals surface area (Å²) in [7, 11) is -6.57. The fourth-order valence-electron chi connectivity index (χ4n) is 2.12. The van der Waals surface area contributed by atoms with Gasteiger partial charge in [-0.25, -0.2) is 26.3 Å². The molecule has 0 aliphatic rings. The second-order valence-electron chi connectivity index (χ2n) is 5.58. The Labute approximate surface area is 156 Å². The highest BCUT2D eigenvalue weighted by atomic mass is 32.2. The molecule has 0 saturated heterocycles. The quantitative estimate of drug-likeness (QED) is 0.782. The van der Waals surface area contributed by atoms with Crippen LogP contribution in [0.1, 0.15) is 25.0 Å². The number of benzene rings is 2. The third-order valence-electron chi connectivity index (χ3n) is 3.38. The Morgan fingerprint density at radius 2 is 1.23 bits per heavy atom. The summed E-state index contributed by atoms with van der Waals surface area (Å²) < 4.78 is 50.8. The molecule has 0 radical (unpaired) electrons. The molecule has 8 heteroatoms. The number of hydrogen-bond acceptors (Lipinski definition) is 4. The van der Waals surface area contributed by atoms with E-state index in [4.69, 9.17) is 0 Å². The van der Waals surface area contributed by atoms with Crippen LogP contribution in [-0.2, 0) is 20.0 Å². The molecule has 0 spiro atoms. The number of sulfonamides is 2. The van der Waals surface area contributed by atoms with Crippen LogP contribution in [0.2, 0.25) is 0 Å². The standard InChI is InChI=1S/2C9H13NO2S/c1-3-10-13(11,12)9-6-4-8(2)5-7-9;1-3-10-13(11,12)9-7-5-4-6-8(9)2/h2*4-7,10H,3H2,1-2H3. The monoisotopic (exact) mass is 398 g/mol. The first-order valence-corrected chi connectivity index (χ1v) is 11.2. The average Bonchev–Trinajstić information content (AvgIpc) is 2.56. The molecule has 2 aromatic rings. The molecule has 0 bridgehead atoms. The molecular formula is C18H26N2O4S2. The van der Waals surface area contributed by atoms with E-state index in [0.717, 1.165) is 11.1 Å². The van der Waals surface area contributed by atoms with Gasteiger partial charge in [-0.2, -0.15) is 0 Å². The summed E-state index contributed by atoms with van der Waals surface area (Å²) in [5.41, 5.74) is 1.82. The predicted octanol–water partition coefficient (Wildman–Crippen LogP) is 2.59. The van der Waals surface area contributed by atoms with Crippen molar-refractivity contribution in [3.8, 4) is 0 Å². The van der Waals surface area contributed by atoms with Gasteiger partial charge in [0.25, 0.3) is 0 Å². The van der Waals surface area contributed by atoms with Gasteiger partial charge < -0.3 is 0 Å². The van der Waals surface area contributed by atoms with Crippen LogP contribution >= 0.6 is 0 Å². The zero-order valence-electron chi connectivity index (χ0n) is 15.5. The van der Waals surface area contributed by atoms with E-state index < -0.39 is 20.0 Å². The minimum atomic E-state index is -3.29. The van der Waals surface area contributed by atoms with Crippen molar-refractivity contribution in [3.05, 3.63) is 59.7 Å². The van der Waals surface area contributed by atoms with Gasteiger partial charge in [-0.3, -0.25) is 0 Å². The summed E-state index contributed by atoms with van der Waals surface area (Å²) in [6.45, 7) is 8.04. The summed E-state index contributed by atoms with van der Waals surface area (Å²) >= 11 is 0. The highest BCUT2D eigenvalue weighted by molar-refractivity contribution is 7.89. The number of hydrogen-bond donors (Lipinski definition) is 2. The molecular weight excluding hydrogens is 372 g/mol. The van der Waals surface area contributed by atoms with Crippen LogP contribution in [-0.4, -0.2) is 29.9 Å². The Kier molecular flexibility index (Phi) is 8.42. The van der Waals surface area contributed by atoms with Gasteiger partial charge in [0.1, 0.15) is 0 Å². The number of aryl methyl sites for hydroxylation is 2. The van der Waals surface area contributed by atoms with Gasteiger partial charge in [0.05, 0.1) is 9.79 Å². The van der Waals surface area contributed by atoms with E-state index in [0.29, 0.717) is 22.9 Å². The van der Waals surface area contributed by atoms with Gasteiger partial charge in [0.15, 0.2) is 0 Å². The lowest BCUT2D eigenvalue weighted by Crippen LogP contribution is -2.23. The van der Waals surface area contributed by atoms with E-state index in [1.165, 1.54) is 0 Å². The molecule has 144 valence electrons. The first-order chi connectivity index (χ1) is 12.1. The van der Waals surface area contributed by atoms with Crippen LogP contribution in [0.5, 0.6) is 0 Å². The maximum Gasteiger partial charge on any atom is 0.240 e. The lowest BCUT2D eigenvalue weighted by atomic mass is 10.2.